The summed E-state index contributed by atoms with van der Waals surface area (Å²) in [5.41, 5.74) is 3.28. The van der Waals surface area contributed by atoms with Gasteiger partial charge < -0.3 is 10.1 Å². The van der Waals surface area contributed by atoms with E-state index < -0.39 is 16.1 Å². The van der Waals surface area contributed by atoms with Crippen molar-refractivity contribution in [2.24, 2.45) is 0 Å². The largest absolute Gasteiger partial charge is 0.476 e. The topological polar surface area (TPSA) is 75.7 Å². The van der Waals surface area contributed by atoms with E-state index in [2.05, 4.69) is 5.32 Å². The number of aryl methyl sites for hydroxylation is 2. The Balaban J connectivity index is 1.43. The lowest BCUT2D eigenvalue weighted by Gasteiger charge is -2.35. The lowest BCUT2D eigenvalue weighted by Crippen LogP contribution is -2.50. The van der Waals surface area contributed by atoms with Gasteiger partial charge in [-0.1, -0.05) is 66.2 Å². The van der Waals surface area contributed by atoms with E-state index >= 15 is 0 Å². The number of rotatable bonds is 5. The highest BCUT2D eigenvalue weighted by molar-refractivity contribution is 7.92. The van der Waals surface area contributed by atoms with Crippen molar-refractivity contribution in [1.29, 1.82) is 0 Å². The van der Waals surface area contributed by atoms with Gasteiger partial charge in [-0.15, -0.1) is 0 Å². The number of amides is 1. The van der Waals surface area contributed by atoms with Gasteiger partial charge in [0.1, 0.15) is 5.75 Å². The molecule has 1 heterocycles. The molecule has 0 radical (unpaired) electrons. The number of ether oxygens (including phenoxy) is 1. The predicted molar refractivity (Wildman–Crippen MR) is 137 cm³/mol. The molecule has 0 unspecified atom stereocenters. The summed E-state index contributed by atoms with van der Waals surface area (Å²) in [7, 11) is -3.89. The standard InChI is InChI=1S/C28H26N2O4S/c1-19-10-13-23(14-11-19)35(32,33)30-18-27(34-26-16-20(2)12-15-25(26)30)28(31)29-17-22-8-5-7-21-6-3-4-9-24(21)22/h3-16,27H,17-18H2,1-2H3,(H,29,31)/t27-/m0/s1. The van der Waals surface area contributed by atoms with Crippen molar-refractivity contribution in [2.75, 3.05) is 10.8 Å². The van der Waals surface area contributed by atoms with Crippen molar-refractivity contribution in [3.63, 3.8) is 0 Å². The Labute approximate surface area is 205 Å². The zero-order chi connectivity index (χ0) is 24.6. The third kappa shape index (κ3) is 4.47. The highest BCUT2D eigenvalue weighted by atomic mass is 32.2. The number of carbonyl (C=O) groups is 1. The average molecular weight is 487 g/mol. The first-order valence-electron chi connectivity index (χ1n) is 11.4. The van der Waals surface area contributed by atoms with Crippen LogP contribution in [0.3, 0.4) is 0 Å². The summed E-state index contributed by atoms with van der Waals surface area (Å²) in [6.07, 6.45) is -0.987. The van der Waals surface area contributed by atoms with Crippen molar-refractivity contribution in [1.82, 2.24) is 5.32 Å². The molecular formula is C28H26N2O4S. The van der Waals surface area contributed by atoms with Crippen LogP contribution in [-0.4, -0.2) is 27.0 Å². The van der Waals surface area contributed by atoms with Crippen LogP contribution in [0.4, 0.5) is 5.69 Å². The second-order valence-electron chi connectivity index (χ2n) is 8.78. The van der Waals surface area contributed by atoms with E-state index in [0.717, 1.165) is 27.5 Å². The minimum atomic E-state index is -3.89. The van der Waals surface area contributed by atoms with E-state index in [4.69, 9.17) is 4.74 Å². The average Bonchev–Trinajstić information content (AvgIpc) is 2.86. The number of hydrogen-bond donors (Lipinski definition) is 1. The fourth-order valence-electron chi connectivity index (χ4n) is 4.31. The lowest BCUT2D eigenvalue weighted by molar-refractivity contribution is -0.127. The van der Waals surface area contributed by atoms with E-state index in [9.17, 15) is 13.2 Å². The van der Waals surface area contributed by atoms with E-state index in [0.29, 0.717) is 18.0 Å². The van der Waals surface area contributed by atoms with E-state index in [1.54, 1.807) is 36.4 Å². The third-order valence-electron chi connectivity index (χ3n) is 6.22. The van der Waals surface area contributed by atoms with Crippen LogP contribution in [-0.2, 0) is 21.4 Å². The molecule has 0 aromatic heterocycles. The fraction of sp³-hybridized carbons (Fsp3) is 0.179. The lowest BCUT2D eigenvalue weighted by atomic mass is 10.0. The van der Waals surface area contributed by atoms with Gasteiger partial charge in [0, 0.05) is 6.54 Å². The van der Waals surface area contributed by atoms with Crippen LogP contribution in [0.1, 0.15) is 16.7 Å². The molecule has 0 aliphatic carbocycles. The van der Waals surface area contributed by atoms with Gasteiger partial charge in [0.15, 0.2) is 6.10 Å². The van der Waals surface area contributed by atoms with Gasteiger partial charge >= 0.3 is 0 Å². The van der Waals surface area contributed by atoms with Crippen LogP contribution in [0.5, 0.6) is 5.75 Å². The SMILES string of the molecule is Cc1ccc(S(=O)(=O)N2C[C@@H](C(=O)NCc3cccc4ccccc34)Oc3cc(C)ccc32)cc1. The molecule has 1 amide bonds. The highest BCUT2D eigenvalue weighted by Crippen LogP contribution is 2.37. The molecule has 6 nitrogen and oxygen atoms in total. The molecule has 4 aromatic rings. The summed E-state index contributed by atoms with van der Waals surface area (Å²) in [6, 6.07) is 25.9. The maximum absolute atomic E-state index is 13.6. The maximum atomic E-state index is 13.6. The molecule has 5 rings (SSSR count). The number of fused-ring (bicyclic) bond motifs is 2. The van der Waals surface area contributed by atoms with Gasteiger partial charge in [-0.3, -0.25) is 9.10 Å². The molecule has 1 atom stereocenters. The first-order valence-corrected chi connectivity index (χ1v) is 12.9. The van der Waals surface area contributed by atoms with Crippen molar-refractivity contribution >= 4 is 32.4 Å². The van der Waals surface area contributed by atoms with Crippen LogP contribution in [0.15, 0.2) is 89.8 Å². The van der Waals surface area contributed by atoms with Crippen LogP contribution in [0, 0.1) is 13.8 Å². The van der Waals surface area contributed by atoms with Crippen LogP contribution < -0.4 is 14.4 Å². The van der Waals surface area contributed by atoms with E-state index in [1.165, 1.54) is 4.31 Å². The molecular weight excluding hydrogens is 460 g/mol. The zero-order valence-corrected chi connectivity index (χ0v) is 20.4. The number of sulfonamides is 1. The summed E-state index contributed by atoms with van der Waals surface area (Å²) in [4.78, 5) is 13.4. The molecule has 1 aliphatic rings. The second kappa shape index (κ2) is 9.07. The second-order valence-corrected chi connectivity index (χ2v) is 10.6. The number of carbonyl (C=O) groups excluding carboxylic acids is 1. The Bertz CT molecular complexity index is 1510. The van der Waals surface area contributed by atoms with Gasteiger partial charge in [0.05, 0.1) is 17.1 Å². The minimum Gasteiger partial charge on any atom is -0.476 e. The van der Waals surface area contributed by atoms with Crippen LogP contribution in [0.2, 0.25) is 0 Å². The Hall–Kier alpha value is -3.84. The summed E-state index contributed by atoms with van der Waals surface area (Å²) in [5, 5.41) is 5.09. The molecule has 0 bridgehead atoms. The Morgan fingerprint density at radius 1 is 0.943 bits per heavy atom. The molecule has 0 spiro atoms. The van der Waals surface area contributed by atoms with Gasteiger partial charge in [-0.05, 0) is 60.0 Å². The Morgan fingerprint density at radius 3 is 2.46 bits per heavy atom. The molecule has 35 heavy (non-hydrogen) atoms. The normalized spacial score (nSPS) is 15.4. The van der Waals surface area contributed by atoms with Crippen molar-refractivity contribution < 1.29 is 17.9 Å². The first kappa shape index (κ1) is 22.9. The Morgan fingerprint density at radius 2 is 1.66 bits per heavy atom. The first-order chi connectivity index (χ1) is 16.8. The highest BCUT2D eigenvalue weighted by Gasteiger charge is 2.37. The number of anilines is 1. The van der Waals surface area contributed by atoms with Crippen LogP contribution in [0.25, 0.3) is 10.8 Å². The molecule has 4 aromatic carbocycles. The predicted octanol–water partition coefficient (Wildman–Crippen LogP) is 4.73. The van der Waals surface area contributed by atoms with E-state index in [-0.39, 0.29) is 17.3 Å². The molecule has 178 valence electrons. The molecule has 0 fully saturated rings. The molecule has 1 aliphatic heterocycles. The summed E-state index contributed by atoms with van der Waals surface area (Å²) in [6.45, 7) is 3.99. The van der Waals surface area contributed by atoms with Crippen molar-refractivity contribution in [2.45, 2.75) is 31.4 Å². The van der Waals surface area contributed by atoms with Gasteiger partial charge in [0.2, 0.25) is 0 Å². The summed E-state index contributed by atoms with van der Waals surface area (Å²) < 4.78 is 34.4. The molecule has 7 heteroatoms. The van der Waals surface area contributed by atoms with Gasteiger partial charge in [-0.25, -0.2) is 8.42 Å². The number of nitrogens with one attached hydrogen (secondary N) is 1. The third-order valence-corrected chi connectivity index (χ3v) is 8.01. The minimum absolute atomic E-state index is 0.117. The van der Waals surface area contributed by atoms with Gasteiger partial charge in [0.25, 0.3) is 15.9 Å². The maximum Gasteiger partial charge on any atom is 0.264 e. The van der Waals surface area contributed by atoms with Crippen molar-refractivity contribution in [3.8, 4) is 5.75 Å². The monoisotopic (exact) mass is 486 g/mol. The van der Waals surface area contributed by atoms with E-state index in [1.807, 2.05) is 62.4 Å². The molecule has 0 saturated carbocycles. The fourth-order valence-corrected chi connectivity index (χ4v) is 5.78. The zero-order valence-electron chi connectivity index (χ0n) is 19.6. The molecule has 0 saturated heterocycles. The van der Waals surface area contributed by atoms with Crippen molar-refractivity contribution in [3.05, 3.63) is 102 Å². The summed E-state index contributed by atoms with van der Waals surface area (Å²) >= 11 is 0. The number of hydrogen-bond acceptors (Lipinski definition) is 4. The molecule has 1 N–H and O–H groups in total. The Kier molecular flexibility index (Phi) is 5.94. The number of nitrogens with zero attached hydrogens (tertiary/aromatic N) is 1. The van der Waals surface area contributed by atoms with Crippen LogP contribution >= 0.6 is 0 Å². The quantitative estimate of drug-likeness (QED) is 0.443. The number of benzene rings is 4. The smallest absolute Gasteiger partial charge is 0.264 e. The van der Waals surface area contributed by atoms with Gasteiger partial charge in [-0.2, -0.15) is 0 Å². The summed E-state index contributed by atoms with van der Waals surface area (Å²) in [5.74, 6) is 0.00597.